The molecule has 1 aliphatic heterocycles. The van der Waals surface area contributed by atoms with E-state index < -0.39 is 11.8 Å². The van der Waals surface area contributed by atoms with Crippen LogP contribution in [0.5, 0.6) is 0 Å². The lowest BCUT2D eigenvalue weighted by Crippen LogP contribution is -2.37. The van der Waals surface area contributed by atoms with E-state index in [1.165, 1.54) is 0 Å². The van der Waals surface area contributed by atoms with Gasteiger partial charge in [0.25, 0.3) is 0 Å². The molecule has 82 valence electrons. The first-order chi connectivity index (χ1) is 7.18. The van der Waals surface area contributed by atoms with Gasteiger partial charge in [-0.05, 0) is 22.6 Å². The fourth-order valence-corrected chi connectivity index (χ4v) is 1.94. The molecule has 3 nitrogen and oxygen atoms in total. The lowest BCUT2D eigenvalue weighted by molar-refractivity contribution is 0.122. The lowest BCUT2D eigenvalue weighted by Gasteiger charge is -2.28. The highest BCUT2D eigenvalue weighted by molar-refractivity contribution is 14.1. The Kier molecular flexibility index (Phi) is 3.35. The molecule has 1 fully saturated rings. The topological polar surface area (TPSA) is 25.4 Å². The number of aromatic nitrogens is 1. The normalized spacial score (nSPS) is 16.9. The van der Waals surface area contributed by atoms with E-state index >= 15 is 0 Å². The van der Waals surface area contributed by atoms with E-state index in [1.807, 2.05) is 0 Å². The largest absolute Gasteiger partial charge is 0.378 e. The number of halogens is 3. The second kappa shape index (κ2) is 4.56. The fourth-order valence-electron chi connectivity index (χ4n) is 1.44. The van der Waals surface area contributed by atoms with Gasteiger partial charge in [-0.1, -0.05) is 0 Å². The van der Waals surface area contributed by atoms with Crippen molar-refractivity contribution in [1.29, 1.82) is 0 Å². The van der Waals surface area contributed by atoms with Crippen molar-refractivity contribution in [2.75, 3.05) is 31.2 Å². The number of anilines is 1. The van der Waals surface area contributed by atoms with Crippen LogP contribution in [0.4, 0.5) is 14.6 Å². The number of pyridine rings is 1. The molecule has 0 bridgehead atoms. The van der Waals surface area contributed by atoms with E-state index in [4.69, 9.17) is 4.74 Å². The predicted octanol–water partition coefficient (Wildman–Crippen LogP) is 1.80. The molecule has 0 aliphatic carbocycles. The molecule has 1 aromatic heterocycles. The minimum Gasteiger partial charge on any atom is -0.378 e. The van der Waals surface area contributed by atoms with Gasteiger partial charge in [-0.2, -0.15) is 9.37 Å². The van der Waals surface area contributed by atoms with Crippen molar-refractivity contribution in [2.45, 2.75) is 0 Å². The summed E-state index contributed by atoms with van der Waals surface area (Å²) >= 11 is 1.76. The molecule has 15 heavy (non-hydrogen) atoms. The number of hydrogen-bond donors (Lipinski definition) is 0. The Morgan fingerprint density at radius 1 is 1.33 bits per heavy atom. The molecule has 0 aromatic carbocycles. The van der Waals surface area contributed by atoms with Gasteiger partial charge < -0.3 is 9.64 Å². The Bertz CT molecular complexity index is 369. The average Bonchev–Trinajstić information content (AvgIpc) is 2.24. The van der Waals surface area contributed by atoms with Crippen LogP contribution in [0.15, 0.2) is 6.07 Å². The molecule has 0 amide bonds. The average molecular weight is 326 g/mol. The number of morpholine rings is 1. The van der Waals surface area contributed by atoms with Gasteiger partial charge in [-0.3, -0.25) is 0 Å². The molecule has 0 unspecified atom stereocenters. The van der Waals surface area contributed by atoms with Crippen LogP contribution < -0.4 is 4.90 Å². The van der Waals surface area contributed by atoms with Crippen molar-refractivity contribution in [2.24, 2.45) is 0 Å². The first-order valence-electron chi connectivity index (χ1n) is 4.52. The minimum absolute atomic E-state index is 0.0858. The van der Waals surface area contributed by atoms with Crippen molar-refractivity contribution in [3.05, 3.63) is 21.4 Å². The van der Waals surface area contributed by atoms with Gasteiger partial charge in [0, 0.05) is 19.2 Å². The first-order valence-corrected chi connectivity index (χ1v) is 5.60. The zero-order valence-corrected chi connectivity index (χ0v) is 10.00. The van der Waals surface area contributed by atoms with Crippen LogP contribution in [-0.4, -0.2) is 31.3 Å². The van der Waals surface area contributed by atoms with E-state index in [-0.39, 0.29) is 9.39 Å². The van der Waals surface area contributed by atoms with Crippen molar-refractivity contribution < 1.29 is 13.5 Å². The van der Waals surface area contributed by atoms with Crippen molar-refractivity contribution >= 4 is 28.4 Å². The standard InChI is InChI=1S/C9H9F2IN2O/c10-7-5-6(12)8(11)9(13-7)14-1-3-15-4-2-14/h5H,1-4H2. The van der Waals surface area contributed by atoms with Gasteiger partial charge in [-0.15, -0.1) is 0 Å². The number of hydrogen-bond acceptors (Lipinski definition) is 3. The van der Waals surface area contributed by atoms with E-state index in [9.17, 15) is 8.78 Å². The van der Waals surface area contributed by atoms with Gasteiger partial charge in [-0.25, -0.2) is 4.39 Å². The van der Waals surface area contributed by atoms with E-state index in [0.29, 0.717) is 26.3 Å². The maximum atomic E-state index is 13.6. The van der Waals surface area contributed by atoms with Crippen LogP contribution in [0.3, 0.4) is 0 Å². The predicted molar refractivity (Wildman–Crippen MR) is 59.9 cm³/mol. The van der Waals surface area contributed by atoms with Crippen LogP contribution in [0.2, 0.25) is 0 Å². The lowest BCUT2D eigenvalue weighted by atomic mass is 10.3. The second-order valence-electron chi connectivity index (χ2n) is 3.16. The Morgan fingerprint density at radius 2 is 2.00 bits per heavy atom. The Morgan fingerprint density at radius 3 is 2.67 bits per heavy atom. The van der Waals surface area contributed by atoms with Crippen molar-refractivity contribution in [3.63, 3.8) is 0 Å². The van der Waals surface area contributed by atoms with Gasteiger partial charge in [0.15, 0.2) is 11.6 Å². The number of rotatable bonds is 1. The first kappa shape index (κ1) is 11.0. The van der Waals surface area contributed by atoms with E-state index in [1.54, 1.807) is 27.5 Å². The summed E-state index contributed by atoms with van der Waals surface area (Å²) in [6.07, 6.45) is 0. The molecule has 1 aliphatic rings. The monoisotopic (exact) mass is 326 g/mol. The SMILES string of the molecule is Fc1cc(I)c(F)c(N2CCOCC2)n1. The highest BCUT2D eigenvalue weighted by Crippen LogP contribution is 2.22. The molecule has 6 heteroatoms. The van der Waals surface area contributed by atoms with Gasteiger partial charge >= 0.3 is 0 Å². The quantitative estimate of drug-likeness (QED) is 0.581. The third-order valence-corrected chi connectivity index (χ3v) is 2.96. The summed E-state index contributed by atoms with van der Waals surface area (Å²) < 4.78 is 32.1. The fraction of sp³-hybridized carbons (Fsp3) is 0.444. The summed E-state index contributed by atoms with van der Waals surface area (Å²) in [5.41, 5.74) is 0. The molecule has 1 saturated heterocycles. The van der Waals surface area contributed by atoms with Gasteiger partial charge in [0.1, 0.15) is 0 Å². The van der Waals surface area contributed by atoms with Crippen LogP contribution in [0, 0.1) is 15.3 Å². The zero-order chi connectivity index (χ0) is 10.8. The number of nitrogens with zero attached hydrogens (tertiary/aromatic N) is 2. The molecule has 0 radical (unpaired) electrons. The summed E-state index contributed by atoms with van der Waals surface area (Å²) in [5.74, 6) is -1.02. The Hall–Kier alpha value is -0.500. The molecule has 0 atom stereocenters. The zero-order valence-electron chi connectivity index (χ0n) is 7.84. The maximum Gasteiger partial charge on any atom is 0.216 e. The van der Waals surface area contributed by atoms with E-state index in [2.05, 4.69) is 4.98 Å². The van der Waals surface area contributed by atoms with Crippen LogP contribution in [0.25, 0.3) is 0 Å². The minimum atomic E-state index is -0.651. The van der Waals surface area contributed by atoms with Gasteiger partial charge in [0.2, 0.25) is 5.95 Å². The van der Waals surface area contributed by atoms with Gasteiger partial charge in [0.05, 0.1) is 16.8 Å². The second-order valence-corrected chi connectivity index (χ2v) is 4.33. The van der Waals surface area contributed by atoms with Crippen molar-refractivity contribution in [1.82, 2.24) is 4.98 Å². The van der Waals surface area contributed by atoms with Crippen LogP contribution >= 0.6 is 22.6 Å². The smallest absolute Gasteiger partial charge is 0.216 e. The number of ether oxygens (including phenoxy) is 1. The molecule has 1 aromatic rings. The van der Waals surface area contributed by atoms with Crippen LogP contribution in [0.1, 0.15) is 0 Å². The molecular weight excluding hydrogens is 317 g/mol. The molecule has 0 N–H and O–H groups in total. The van der Waals surface area contributed by atoms with Crippen molar-refractivity contribution in [3.8, 4) is 0 Å². The summed E-state index contributed by atoms with van der Waals surface area (Å²) in [6.45, 7) is 2.13. The molecule has 0 saturated carbocycles. The summed E-state index contributed by atoms with van der Waals surface area (Å²) in [7, 11) is 0. The Labute approximate surface area is 99.6 Å². The Balaban J connectivity index is 2.33. The summed E-state index contributed by atoms with van der Waals surface area (Å²) in [4.78, 5) is 5.28. The molecular formula is C9H9F2IN2O. The highest BCUT2D eigenvalue weighted by atomic mass is 127. The third kappa shape index (κ3) is 2.36. The highest BCUT2D eigenvalue weighted by Gasteiger charge is 2.19. The maximum absolute atomic E-state index is 13.6. The van der Waals surface area contributed by atoms with E-state index in [0.717, 1.165) is 6.07 Å². The van der Waals surface area contributed by atoms with Crippen LogP contribution in [-0.2, 0) is 4.74 Å². The molecule has 0 spiro atoms. The molecule has 2 heterocycles. The summed E-state index contributed by atoms with van der Waals surface area (Å²) in [6, 6.07) is 1.08. The third-order valence-electron chi connectivity index (χ3n) is 2.18. The summed E-state index contributed by atoms with van der Waals surface area (Å²) in [5, 5.41) is 0. The molecule has 2 rings (SSSR count).